The number of hydrogen-bond donors (Lipinski definition) is 1. The van der Waals surface area contributed by atoms with Crippen molar-refractivity contribution in [2.45, 2.75) is 49.8 Å². The first-order valence-corrected chi connectivity index (χ1v) is 7.24. The van der Waals surface area contributed by atoms with E-state index >= 15 is 0 Å². The predicted molar refractivity (Wildman–Crippen MR) is 66.7 cm³/mol. The summed E-state index contributed by atoms with van der Waals surface area (Å²) in [6.45, 7) is 8.55. The van der Waals surface area contributed by atoms with E-state index in [1.165, 1.54) is 0 Å². The molecule has 5 aliphatic rings. The molecular weight excluding hydrogens is 260 g/mol. The molecule has 0 radical (unpaired) electrons. The third kappa shape index (κ3) is 0.875. The Morgan fingerprint density at radius 3 is 2.75 bits per heavy atom. The molecule has 5 rings (SSSR count). The molecule has 20 heavy (non-hydrogen) atoms. The van der Waals surface area contributed by atoms with E-state index in [4.69, 9.17) is 14.2 Å². The van der Waals surface area contributed by atoms with Crippen LogP contribution in [0.4, 0.5) is 0 Å². The van der Waals surface area contributed by atoms with Crippen molar-refractivity contribution in [2.75, 3.05) is 6.61 Å². The van der Waals surface area contributed by atoms with Crippen molar-refractivity contribution in [3.05, 3.63) is 12.2 Å². The van der Waals surface area contributed by atoms with Gasteiger partial charge in [-0.15, -0.1) is 0 Å². The Labute approximate surface area is 116 Å². The van der Waals surface area contributed by atoms with Gasteiger partial charge in [-0.2, -0.15) is 0 Å². The minimum atomic E-state index is -1.19. The zero-order chi connectivity index (χ0) is 14.1. The summed E-state index contributed by atoms with van der Waals surface area (Å²) in [4.78, 5) is 12.3. The molecule has 2 aliphatic carbocycles. The average molecular weight is 278 g/mol. The van der Waals surface area contributed by atoms with Crippen LogP contribution in [0.3, 0.4) is 0 Å². The lowest BCUT2D eigenvalue weighted by atomic mass is 9.54. The van der Waals surface area contributed by atoms with Crippen molar-refractivity contribution < 1.29 is 24.1 Å². The molecule has 2 saturated carbocycles. The number of fused-ring (bicyclic) bond motifs is 8. The monoisotopic (exact) mass is 278 g/mol. The van der Waals surface area contributed by atoms with Crippen LogP contribution in [-0.4, -0.2) is 47.2 Å². The summed E-state index contributed by atoms with van der Waals surface area (Å²) in [6.07, 6.45) is 0.0809. The highest BCUT2D eigenvalue weighted by Gasteiger charge is 2.92. The van der Waals surface area contributed by atoms with Crippen LogP contribution in [0.1, 0.15) is 20.3 Å². The Morgan fingerprint density at radius 1 is 1.45 bits per heavy atom. The summed E-state index contributed by atoms with van der Waals surface area (Å²) in [5.74, 6) is -0.983. The molecule has 0 aromatic rings. The summed E-state index contributed by atoms with van der Waals surface area (Å²) < 4.78 is 17.0. The molecule has 3 heterocycles. The van der Waals surface area contributed by atoms with Gasteiger partial charge < -0.3 is 19.3 Å². The number of hydrogen-bond acceptors (Lipinski definition) is 5. The minimum absolute atomic E-state index is 0.0598. The summed E-state index contributed by atoms with van der Waals surface area (Å²) >= 11 is 0. The quantitative estimate of drug-likeness (QED) is 0.427. The molecule has 0 amide bonds. The smallest absolute Gasteiger partial charge is 0.313 e. The van der Waals surface area contributed by atoms with Gasteiger partial charge in [0.05, 0.1) is 12.5 Å². The van der Waals surface area contributed by atoms with Crippen LogP contribution in [0.25, 0.3) is 0 Å². The van der Waals surface area contributed by atoms with Gasteiger partial charge in [0.2, 0.25) is 0 Å². The van der Waals surface area contributed by atoms with Crippen LogP contribution in [-0.2, 0) is 19.0 Å². The number of epoxide rings is 2. The molecule has 3 aliphatic heterocycles. The topological polar surface area (TPSA) is 71.6 Å². The normalized spacial score (nSPS) is 64.8. The maximum absolute atomic E-state index is 12.3. The zero-order valence-electron chi connectivity index (χ0n) is 11.6. The van der Waals surface area contributed by atoms with Crippen molar-refractivity contribution in [3.8, 4) is 0 Å². The van der Waals surface area contributed by atoms with Gasteiger partial charge in [0, 0.05) is 11.3 Å². The number of esters is 1. The van der Waals surface area contributed by atoms with E-state index in [-0.39, 0.29) is 30.2 Å². The molecule has 0 aromatic heterocycles. The number of ether oxygens (including phenoxy) is 3. The third-order valence-electron chi connectivity index (χ3n) is 6.59. The Morgan fingerprint density at radius 2 is 2.15 bits per heavy atom. The summed E-state index contributed by atoms with van der Waals surface area (Å²) in [7, 11) is 0. The van der Waals surface area contributed by atoms with Crippen LogP contribution in [0.2, 0.25) is 0 Å². The molecule has 5 fully saturated rings. The van der Waals surface area contributed by atoms with Crippen LogP contribution >= 0.6 is 0 Å². The second kappa shape index (κ2) is 2.85. The highest BCUT2D eigenvalue weighted by Crippen LogP contribution is 2.76. The Bertz CT molecular complexity index is 567. The number of aliphatic hydroxyl groups is 1. The fourth-order valence-corrected chi connectivity index (χ4v) is 5.47. The van der Waals surface area contributed by atoms with Crippen LogP contribution in [0.15, 0.2) is 12.2 Å². The molecule has 1 spiro atoms. The standard InChI is InChI=1S/C15H18O5/c1-6(2)8-7-4-13(3)14(5-18-14)10-11(20-10)15(13,17)9(8)12(16)19-7/h7-11,17H,1,4-5H2,2-3H3/t7-,8-,9-,10-,11-,13+,14+,15+/m0/s1. The first-order chi connectivity index (χ1) is 9.37. The van der Waals surface area contributed by atoms with Gasteiger partial charge in [0.15, 0.2) is 0 Å². The molecular formula is C15H18O5. The Hall–Kier alpha value is -0.910. The van der Waals surface area contributed by atoms with Gasteiger partial charge in [-0.05, 0) is 13.3 Å². The van der Waals surface area contributed by atoms with Crippen LogP contribution < -0.4 is 0 Å². The van der Waals surface area contributed by atoms with Crippen molar-refractivity contribution in [1.29, 1.82) is 0 Å². The lowest BCUT2D eigenvalue weighted by molar-refractivity contribution is -0.185. The predicted octanol–water partition coefficient (Wildman–Crippen LogP) is 0.411. The first kappa shape index (κ1) is 11.7. The van der Waals surface area contributed by atoms with E-state index in [9.17, 15) is 9.90 Å². The van der Waals surface area contributed by atoms with Gasteiger partial charge in [0.1, 0.15) is 29.5 Å². The summed E-state index contributed by atoms with van der Waals surface area (Å²) in [5.41, 5.74) is -1.17. The molecule has 8 atom stereocenters. The van der Waals surface area contributed by atoms with E-state index < -0.39 is 22.5 Å². The van der Waals surface area contributed by atoms with E-state index in [1.807, 2.05) is 13.8 Å². The van der Waals surface area contributed by atoms with Gasteiger partial charge in [-0.3, -0.25) is 4.79 Å². The molecule has 0 unspecified atom stereocenters. The highest BCUT2D eigenvalue weighted by atomic mass is 16.7. The highest BCUT2D eigenvalue weighted by molar-refractivity contribution is 5.79. The lowest BCUT2D eigenvalue weighted by Crippen LogP contribution is -2.64. The van der Waals surface area contributed by atoms with Crippen molar-refractivity contribution in [1.82, 2.24) is 0 Å². The van der Waals surface area contributed by atoms with E-state index in [2.05, 4.69) is 6.58 Å². The third-order valence-corrected chi connectivity index (χ3v) is 6.59. The minimum Gasteiger partial charge on any atom is -0.461 e. The molecule has 2 bridgehead atoms. The van der Waals surface area contributed by atoms with Gasteiger partial charge in [-0.25, -0.2) is 0 Å². The van der Waals surface area contributed by atoms with E-state index in [0.29, 0.717) is 13.0 Å². The van der Waals surface area contributed by atoms with E-state index in [0.717, 1.165) is 5.57 Å². The number of rotatable bonds is 1. The van der Waals surface area contributed by atoms with Crippen LogP contribution in [0.5, 0.6) is 0 Å². The Kier molecular flexibility index (Phi) is 1.67. The molecule has 0 aromatic carbocycles. The fourth-order valence-electron chi connectivity index (χ4n) is 5.47. The average Bonchev–Trinajstić information content (AvgIpc) is 3.20. The van der Waals surface area contributed by atoms with E-state index in [1.54, 1.807) is 0 Å². The van der Waals surface area contributed by atoms with Gasteiger partial charge in [-0.1, -0.05) is 19.1 Å². The first-order valence-electron chi connectivity index (χ1n) is 7.24. The van der Waals surface area contributed by atoms with Crippen LogP contribution in [0, 0.1) is 17.3 Å². The second-order valence-corrected chi connectivity index (χ2v) is 7.34. The molecule has 5 nitrogen and oxygen atoms in total. The summed E-state index contributed by atoms with van der Waals surface area (Å²) in [5, 5.41) is 11.5. The lowest BCUT2D eigenvalue weighted by Gasteiger charge is -2.51. The number of carbonyl (C=O) groups is 1. The molecule has 3 saturated heterocycles. The fraction of sp³-hybridized carbons (Fsp3) is 0.800. The largest absolute Gasteiger partial charge is 0.461 e. The molecule has 108 valence electrons. The summed E-state index contributed by atoms with van der Waals surface area (Å²) in [6, 6.07) is 0. The SMILES string of the molecule is C=C(C)[C@H]1[C@@H]2C[C@@]3(C)[C@@](O)([C@@H]1C(=O)O2)[C@H]1O[C@@H]1[C@]31CO1. The van der Waals surface area contributed by atoms with Crippen molar-refractivity contribution >= 4 is 5.97 Å². The van der Waals surface area contributed by atoms with Crippen molar-refractivity contribution in [2.24, 2.45) is 17.3 Å². The molecule has 1 N–H and O–H groups in total. The zero-order valence-corrected chi connectivity index (χ0v) is 11.6. The maximum Gasteiger partial charge on any atom is 0.313 e. The van der Waals surface area contributed by atoms with Crippen molar-refractivity contribution in [3.63, 3.8) is 0 Å². The second-order valence-electron chi connectivity index (χ2n) is 7.34. The van der Waals surface area contributed by atoms with Gasteiger partial charge in [0.25, 0.3) is 0 Å². The Balaban J connectivity index is 1.72. The van der Waals surface area contributed by atoms with Gasteiger partial charge >= 0.3 is 5.97 Å². The maximum atomic E-state index is 12.3. The number of carbonyl (C=O) groups excluding carboxylic acids is 1. The molecule has 5 heteroatoms.